The Labute approximate surface area is 111 Å². The van der Waals surface area contributed by atoms with E-state index in [1.165, 1.54) is 12.1 Å². The number of aliphatic hydroxyl groups is 1. The average molecular weight is 274 g/mol. The third kappa shape index (κ3) is 3.96. The second-order valence-corrected chi connectivity index (χ2v) is 4.70. The van der Waals surface area contributed by atoms with E-state index in [9.17, 15) is 14.3 Å². The second-order valence-electron chi connectivity index (χ2n) is 4.29. The number of carbonyl (C=O) groups excluding carboxylic acids is 1. The van der Waals surface area contributed by atoms with Gasteiger partial charge in [0.15, 0.2) is 0 Å². The molecule has 2 N–H and O–H groups in total. The third-order valence-corrected chi connectivity index (χ3v) is 3.24. The van der Waals surface area contributed by atoms with Gasteiger partial charge in [0.1, 0.15) is 5.82 Å². The van der Waals surface area contributed by atoms with Crippen molar-refractivity contribution in [2.75, 3.05) is 6.54 Å². The molecule has 0 aliphatic carbocycles. The molecular weight excluding hydrogens is 257 g/mol. The van der Waals surface area contributed by atoms with E-state index in [0.717, 1.165) is 12.5 Å². The number of benzene rings is 1. The summed E-state index contributed by atoms with van der Waals surface area (Å²) < 4.78 is 12.9. The number of hydrogen-bond acceptors (Lipinski definition) is 2. The van der Waals surface area contributed by atoms with Gasteiger partial charge in [-0.15, -0.1) is 0 Å². The van der Waals surface area contributed by atoms with E-state index >= 15 is 0 Å². The highest BCUT2D eigenvalue weighted by atomic mass is 35.5. The number of carbonyl (C=O) groups is 1. The minimum atomic E-state index is -0.588. The van der Waals surface area contributed by atoms with E-state index < -0.39 is 11.9 Å². The van der Waals surface area contributed by atoms with Gasteiger partial charge in [0, 0.05) is 12.1 Å². The van der Waals surface area contributed by atoms with Crippen LogP contribution < -0.4 is 5.32 Å². The first-order valence-electron chi connectivity index (χ1n) is 5.87. The summed E-state index contributed by atoms with van der Waals surface area (Å²) in [6.45, 7) is 4.05. The van der Waals surface area contributed by atoms with Crippen LogP contribution in [-0.2, 0) is 0 Å². The van der Waals surface area contributed by atoms with Crippen molar-refractivity contribution in [1.29, 1.82) is 0 Å². The topological polar surface area (TPSA) is 49.3 Å². The van der Waals surface area contributed by atoms with E-state index in [1.54, 1.807) is 0 Å². The van der Waals surface area contributed by atoms with Crippen LogP contribution >= 0.6 is 11.6 Å². The maximum absolute atomic E-state index is 12.9. The molecule has 0 aliphatic rings. The second kappa shape index (κ2) is 6.71. The summed E-state index contributed by atoms with van der Waals surface area (Å²) in [5.41, 5.74) is 0.276. The minimum absolute atomic E-state index is 0.0925. The summed E-state index contributed by atoms with van der Waals surface area (Å²) in [7, 11) is 0. The molecule has 3 nitrogen and oxygen atoms in total. The van der Waals surface area contributed by atoms with Gasteiger partial charge in [-0.25, -0.2) is 4.39 Å². The Bertz CT molecular complexity index is 425. The molecule has 100 valence electrons. The fourth-order valence-corrected chi connectivity index (χ4v) is 1.59. The Balaban J connectivity index is 2.58. The van der Waals surface area contributed by atoms with Crippen molar-refractivity contribution in [3.05, 3.63) is 34.6 Å². The van der Waals surface area contributed by atoms with Gasteiger partial charge in [-0.05, 0) is 24.1 Å². The number of amides is 1. The van der Waals surface area contributed by atoms with Gasteiger partial charge < -0.3 is 10.4 Å². The molecule has 1 aromatic carbocycles. The lowest BCUT2D eigenvalue weighted by Gasteiger charge is -2.17. The van der Waals surface area contributed by atoms with Crippen LogP contribution in [0.2, 0.25) is 5.02 Å². The first-order valence-corrected chi connectivity index (χ1v) is 6.24. The lowest BCUT2D eigenvalue weighted by Crippen LogP contribution is -2.35. The van der Waals surface area contributed by atoms with Crippen LogP contribution in [0.1, 0.15) is 30.6 Å². The Morgan fingerprint density at radius 3 is 2.78 bits per heavy atom. The van der Waals surface area contributed by atoms with Gasteiger partial charge in [-0.2, -0.15) is 0 Å². The average Bonchev–Trinajstić information content (AvgIpc) is 2.37. The molecule has 2 unspecified atom stereocenters. The first kappa shape index (κ1) is 14.9. The SMILES string of the molecule is CCC(C)C(O)CNC(=O)c1ccc(F)c(Cl)c1. The van der Waals surface area contributed by atoms with Crippen molar-refractivity contribution < 1.29 is 14.3 Å². The molecule has 1 amide bonds. The zero-order valence-corrected chi connectivity index (χ0v) is 11.2. The van der Waals surface area contributed by atoms with Crippen LogP contribution in [0.5, 0.6) is 0 Å². The van der Waals surface area contributed by atoms with Crippen molar-refractivity contribution in [1.82, 2.24) is 5.32 Å². The molecule has 0 fully saturated rings. The lowest BCUT2D eigenvalue weighted by molar-refractivity contribution is 0.0850. The van der Waals surface area contributed by atoms with Crippen LogP contribution in [-0.4, -0.2) is 23.7 Å². The van der Waals surface area contributed by atoms with Crippen LogP contribution in [0.15, 0.2) is 18.2 Å². The van der Waals surface area contributed by atoms with Gasteiger partial charge in [0.2, 0.25) is 0 Å². The van der Waals surface area contributed by atoms with Crippen molar-refractivity contribution in [2.24, 2.45) is 5.92 Å². The van der Waals surface area contributed by atoms with Crippen LogP contribution in [0.25, 0.3) is 0 Å². The molecule has 0 spiro atoms. The minimum Gasteiger partial charge on any atom is -0.391 e. The fraction of sp³-hybridized carbons (Fsp3) is 0.462. The van der Waals surface area contributed by atoms with Gasteiger partial charge in [-0.1, -0.05) is 31.9 Å². The number of hydrogen-bond donors (Lipinski definition) is 2. The molecular formula is C13H17ClFNO2. The molecule has 2 atom stereocenters. The Hall–Kier alpha value is -1.13. The van der Waals surface area contributed by atoms with Gasteiger partial charge in [0.25, 0.3) is 5.91 Å². The summed E-state index contributed by atoms with van der Waals surface area (Å²) in [6, 6.07) is 3.76. The molecule has 5 heteroatoms. The molecule has 0 aliphatic heterocycles. The quantitative estimate of drug-likeness (QED) is 0.866. The maximum Gasteiger partial charge on any atom is 0.251 e. The smallest absolute Gasteiger partial charge is 0.251 e. The molecule has 0 bridgehead atoms. The van der Waals surface area contributed by atoms with Crippen LogP contribution in [0.4, 0.5) is 4.39 Å². The predicted molar refractivity (Wildman–Crippen MR) is 69.2 cm³/mol. The molecule has 18 heavy (non-hydrogen) atoms. The summed E-state index contributed by atoms with van der Waals surface area (Å²) in [5.74, 6) is -0.825. The summed E-state index contributed by atoms with van der Waals surface area (Å²) >= 11 is 5.59. The number of rotatable bonds is 5. The molecule has 0 saturated heterocycles. The molecule has 0 heterocycles. The zero-order chi connectivity index (χ0) is 13.7. The monoisotopic (exact) mass is 273 g/mol. The highest BCUT2D eigenvalue weighted by molar-refractivity contribution is 6.31. The Kier molecular flexibility index (Phi) is 5.56. The molecule has 0 radical (unpaired) electrons. The summed E-state index contributed by atoms with van der Waals surface area (Å²) in [6.07, 6.45) is 0.245. The van der Waals surface area contributed by atoms with Crippen LogP contribution in [0.3, 0.4) is 0 Å². The third-order valence-electron chi connectivity index (χ3n) is 2.95. The largest absolute Gasteiger partial charge is 0.391 e. The van der Waals surface area contributed by atoms with E-state index in [-0.39, 0.29) is 29.0 Å². The fourth-order valence-electron chi connectivity index (χ4n) is 1.41. The number of nitrogens with one attached hydrogen (secondary N) is 1. The normalized spacial score (nSPS) is 14.1. The lowest BCUT2D eigenvalue weighted by atomic mass is 10.0. The molecule has 1 aromatic rings. The Morgan fingerprint density at radius 1 is 1.56 bits per heavy atom. The molecule has 1 rings (SSSR count). The van der Waals surface area contributed by atoms with E-state index in [2.05, 4.69) is 5.32 Å². The molecule has 0 saturated carbocycles. The van der Waals surface area contributed by atoms with Gasteiger partial charge >= 0.3 is 0 Å². The van der Waals surface area contributed by atoms with Gasteiger partial charge in [-0.3, -0.25) is 4.79 Å². The highest BCUT2D eigenvalue weighted by Gasteiger charge is 2.14. The summed E-state index contributed by atoms with van der Waals surface area (Å²) in [5, 5.41) is 12.2. The van der Waals surface area contributed by atoms with E-state index in [4.69, 9.17) is 11.6 Å². The predicted octanol–water partition coefficient (Wildman–Crippen LogP) is 2.62. The zero-order valence-electron chi connectivity index (χ0n) is 10.4. The number of halogens is 2. The number of aliphatic hydroxyl groups excluding tert-OH is 1. The summed E-state index contributed by atoms with van der Waals surface area (Å²) in [4.78, 5) is 11.7. The van der Waals surface area contributed by atoms with E-state index in [1.807, 2.05) is 13.8 Å². The highest BCUT2D eigenvalue weighted by Crippen LogP contribution is 2.16. The van der Waals surface area contributed by atoms with Crippen LogP contribution in [0, 0.1) is 11.7 Å². The van der Waals surface area contributed by atoms with E-state index in [0.29, 0.717) is 0 Å². The van der Waals surface area contributed by atoms with Crippen molar-refractivity contribution in [3.63, 3.8) is 0 Å². The van der Waals surface area contributed by atoms with Crippen molar-refractivity contribution >= 4 is 17.5 Å². The van der Waals surface area contributed by atoms with Crippen molar-refractivity contribution in [2.45, 2.75) is 26.4 Å². The van der Waals surface area contributed by atoms with Gasteiger partial charge in [0.05, 0.1) is 11.1 Å². The standard InChI is InChI=1S/C13H17ClFNO2/c1-3-8(2)12(17)7-16-13(18)9-4-5-11(15)10(14)6-9/h4-6,8,12,17H,3,7H2,1-2H3,(H,16,18). The van der Waals surface area contributed by atoms with Crippen molar-refractivity contribution in [3.8, 4) is 0 Å². The first-order chi connectivity index (χ1) is 8.45. The maximum atomic E-state index is 12.9. The molecule has 0 aromatic heterocycles. The Morgan fingerprint density at radius 2 is 2.22 bits per heavy atom.